The molecule has 1 aromatic rings. The molecular formula is C15H28N4S. The topological polar surface area (TPSA) is 45.4 Å². The van der Waals surface area contributed by atoms with Crippen molar-refractivity contribution in [2.75, 3.05) is 44.2 Å². The van der Waals surface area contributed by atoms with Crippen LogP contribution < -0.4 is 10.6 Å². The summed E-state index contributed by atoms with van der Waals surface area (Å²) in [5.41, 5.74) is 5.66. The van der Waals surface area contributed by atoms with Gasteiger partial charge in [0.2, 0.25) is 0 Å². The summed E-state index contributed by atoms with van der Waals surface area (Å²) in [4.78, 5) is 9.40. The van der Waals surface area contributed by atoms with E-state index in [2.05, 4.69) is 27.1 Å². The van der Waals surface area contributed by atoms with Gasteiger partial charge in [0, 0.05) is 37.8 Å². The smallest absolute Gasteiger partial charge is 0.185 e. The van der Waals surface area contributed by atoms with E-state index < -0.39 is 0 Å². The zero-order chi connectivity index (χ0) is 14.2. The second-order valence-corrected chi connectivity index (χ2v) is 6.51. The zero-order valence-corrected chi connectivity index (χ0v) is 13.4. The molecule has 0 aliphatic carbocycles. The van der Waals surface area contributed by atoms with Crippen LogP contribution in [0.15, 0.2) is 11.6 Å². The van der Waals surface area contributed by atoms with Crippen molar-refractivity contribution in [3.05, 3.63) is 11.6 Å². The summed E-state index contributed by atoms with van der Waals surface area (Å²) in [5.74, 6) is 0.830. The number of nitrogens with zero attached hydrogens (tertiary/aromatic N) is 3. The Morgan fingerprint density at radius 1 is 1.30 bits per heavy atom. The molecule has 2 N–H and O–H groups in total. The van der Waals surface area contributed by atoms with E-state index in [1.54, 1.807) is 11.3 Å². The lowest BCUT2D eigenvalue weighted by atomic mass is 9.96. The molecule has 1 unspecified atom stereocenters. The number of piperazine rings is 1. The van der Waals surface area contributed by atoms with E-state index >= 15 is 0 Å². The highest BCUT2D eigenvalue weighted by molar-refractivity contribution is 7.13. The normalized spacial score (nSPS) is 18.4. The number of hydrogen-bond acceptors (Lipinski definition) is 5. The summed E-state index contributed by atoms with van der Waals surface area (Å²) >= 11 is 1.75. The van der Waals surface area contributed by atoms with Crippen LogP contribution in [0, 0.1) is 5.92 Å². The van der Waals surface area contributed by atoms with Gasteiger partial charge in [-0.15, -0.1) is 11.3 Å². The number of thiazole rings is 1. The minimum atomic E-state index is 0.830. The average Bonchev–Trinajstić information content (AvgIpc) is 3.01. The molecule has 5 heteroatoms. The summed E-state index contributed by atoms with van der Waals surface area (Å²) in [5, 5.41) is 3.24. The first-order valence-corrected chi connectivity index (χ1v) is 8.78. The molecule has 1 atom stereocenters. The Kier molecular flexibility index (Phi) is 6.76. The molecule has 1 fully saturated rings. The van der Waals surface area contributed by atoms with Gasteiger partial charge in [-0.2, -0.15) is 0 Å². The SMILES string of the molecule is CCC(CCN)CCCN1CCN(c2nccs2)CC1. The van der Waals surface area contributed by atoms with Crippen molar-refractivity contribution in [2.24, 2.45) is 11.7 Å². The van der Waals surface area contributed by atoms with Crippen LogP contribution in [0.1, 0.15) is 32.6 Å². The van der Waals surface area contributed by atoms with Gasteiger partial charge in [-0.1, -0.05) is 13.3 Å². The van der Waals surface area contributed by atoms with E-state index in [1.807, 2.05) is 6.20 Å². The molecule has 0 radical (unpaired) electrons. The molecule has 20 heavy (non-hydrogen) atoms. The molecule has 0 spiro atoms. The highest BCUT2D eigenvalue weighted by atomic mass is 32.1. The second-order valence-electron chi connectivity index (χ2n) is 5.64. The van der Waals surface area contributed by atoms with Gasteiger partial charge in [0.25, 0.3) is 0 Å². The molecular weight excluding hydrogens is 268 g/mol. The predicted octanol–water partition coefficient (Wildman–Crippen LogP) is 2.42. The molecule has 1 saturated heterocycles. The third-order valence-corrected chi connectivity index (χ3v) is 5.13. The third kappa shape index (κ3) is 4.72. The quantitative estimate of drug-likeness (QED) is 0.800. The number of anilines is 1. The molecule has 4 nitrogen and oxygen atoms in total. The van der Waals surface area contributed by atoms with E-state index in [9.17, 15) is 0 Å². The molecule has 2 rings (SSSR count). The molecule has 0 bridgehead atoms. The van der Waals surface area contributed by atoms with Gasteiger partial charge >= 0.3 is 0 Å². The Bertz CT molecular complexity index is 347. The summed E-state index contributed by atoms with van der Waals surface area (Å²) < 4.78 is 0. The third-order valence-electron chi connectivity index (χ3n) is 4.30. The van der Waals surface area contributed by atoms with E-state index in [0.29, 0.717) is 0 Å². The molecule has 0 aromatic carbocycles. The molecule has 2 heterocycles. The summed E-state index contributed by atoms with van der Waals surface area (Å²) in [6.45, 7) is 8.95. The Balaban J connectivity index is 1.62. The van der Waals surface area contributed by atoms with Gasteiger partial charge in [0.1, 0.15) is 0 Å². The Labute approximate surface area is 127 Å². The Morgan fingerprint density at radius 2 is 2.10 bits per heavy atom. The van der Waals surface area contributed by atoms with Crippen molar-refractivity contribution in [1.29, 1.82) is 0 Å². The minimum absolute atomic E-state index is 0.830. The van der Waals surface area contributed by atoms with Crippen molar-refractivity contribution in [2.45, 2.75) is 32.6 Å². The monoisotopic (exact) mass is 296 g/mol. The molecule has 0 amide bonds. The van der Waals surface area contributed by atoms with Crippen LogP contribution in [0.5, 0.6) is 0 Å². The summed E-state index contributed by atoms with van der Waals surface area (Å²) in [6.07, 6.45) is 7.01. The maximum atomic E-state index is 5.66. The first-order valence-electron chi connectivity index (χ1n) is 7.90. The van der Waals surface area contributed by atoms with Gasteiger partial charge in [-0.25, -0.2) is 4.98 Å². The standard InChI is InChI=1S/C15H28N4S/c1-2-14(5-6-16)4-3-8-18-9-11-19(12-10-18)15-17-7-13-20-15/h7,13-14H,2-6,8-12,16H2,1H3. The molecule has 114 valence electrons. The molecule has 1 aliphatic heterocycles. The predicted molar refractivity (Wildman–Crippen MR) is 87.5 cm³/mol. The van der Waals surface area contributed by atoms with Gasteiger partial charge in [0.15, 0.2) is 5.13 Å². The average molecular weight is 296 g/mol. The van der Waals surface area contributed by atoms with Crippen LogP contribution in [0.4, 0.5) is 5.13 Å². The lowest BCUT2D eigenvalue weighted by Gasteiger charge is -2.34. The highest BCUT2D eigenvalue weighted by Crippen LogP contribution is 2.19. The molecule has 1 aromatic heterocycles. The van der Waals surface area contributed by atoms with E-state index in [-0.39, 0.29) is 0 Å². The van der Waals surface area contributed by atoms with Crippen molar-refractivity contribution in [1.82, 2.24) is 9.88 Å². The van der Waals surface area contributed by atoms with Crippen molar-refractivity contribution in [3.8, 4) is 0 Å². The molecule has 1 aliphatic rings. The van der Waals surface area contributed by atoms with E-state index in [4.69, 9.17) is 5.73 Å². The highest BCUT2D eigenvalue weighted by Gasteiger charge is 2.18. The fraction of sp³-hybridized carbons (Fsp3) is 0.800. The van der Waals surface area contributed by atoms with Crippen LogP contribution in [0.25, 0.3) is 0 Å². The van der Waals surface area contributed by atoms with E-state index in [1.165, 1.54) is 50.4 Å². The number of aromatic nitrogens is 1. The fourth-order valence-electron chi connectivity index (χ4n) is 2.93. The van der Waals surface area contributed by atoms with Crippen LogP contribution in [0.2, 0.25) is 0 Å². The van der Waals surface area contributed by atoms with Crippen molar-refractivity contribution < 1.29 is 0 Å². The summed E-state index contributed by atoms with van der Waals surface area (Å²) in [7, 11) is 0. The number of nitrogens with two attached hydrogens (primary N) is 1. The largest absolute Gasteiger partial charge is 0.346 e. The fourth-order valence-corrected chi connectivity index (χ4v) is 3.62. The van der Waals surface area contributed by atoms with Crippen LogP contribution in [-0.4, -0.2) is 49.2 Å². The van der Waals surface area contributed by atoms with Gasteiger partial charge in [-0.3, -0.25) is 4.90 Å². The second kappa shape index (κ2) is 8.60. The van der Waals surface area contributed by atoms with Crippen molar-refractivity contribution in [3.63, 3.8) is 0 Å². The van der Waals surface area contributed by atoms with Crippen LogP contribution in [-0.2, 0) is 0 Å². The van der Waals surface area contributed by atoms with Gasteiger partial charge in [0.05, 0.1) is 0 Å². The van der Waals surface area contributed by atoms with E-state index in [0.717, 1.165) is 25.6 Å². The first kappa shape index (κ1) is 15.7. The lowest BCUT2D eigenvalue weighted by molar-refractivity contribution is 0.244. The van der Waals surface area contributed by atoms with Crippen LogP contribution >= 0.6 is 11.3 Å². The van der Waals surface area contributed by atoms with Crippen LogP contribution in [0.3, 0.4) is 0 Å². The first-order chi connectivity index (χ1) is 9.83. The minimum Gasteiger partial charge on any atom is -0.346 e. The number of rotatable bonds is 8. The van der Waals surface area contributed by atoms with Crippen molar-refractivity contribution >= 4 is 16.5 Å². The number of hydrogen-bond donors (Lipinski definition) is 1. The lowest BCUT2D eigenvalue weighted by Crippen LogP contribution is -2.46. The summed E-state index contributed by atoms with van der Waals surface area (Å²) in [6, 6.07) is 0. The maximum absolute atomic E-state index is 5.66. The Hall–Kier alpha value is -0.650. The zero-order valence-electron chi connectivity index (χ0n) is 12.6. The Morgan fingerprint density at radius 3 is 2.70 bits per heavy atom. The molecule has 0 saturated carbocycles. The van der Waals surface area contributed by atoms with Gasteiger partial charge in [-0.05, 0) is 38.3 Å². The van der Waals surface area contributed by atoms with Gasteiger partial charge < -0.3 is 10.6 Å². The maximum Gasteiger partial charge on any atom is 0.185 e.